The van der Waals surface area contributed by atoms with Crippen molar-refractivity contribution in [3.8, 4) is 23.1 Å². The largest absolute Gasteiger partial charge is 0.492 e. The van der Waals surface area contributed by atoms with Crippen LogP contribution in [0.3, 0.4) is 0 Å². The molecule has 0 saturated heterocycles. The number of aromatic nitrogens is 1. The van der Waals surface area contributed by atoms with Gasteiger partial charge < -0.3 is 10.1 Å². The average Bonchev–Trinajstić information content (AvgIpc) is 3.14. The summed E-state index contributed by atoms with van der Waals surface area (Å²) in [5.41, 5.74) is 1.14. The van der Waals surface area contributed by atoms with Gasteiger partial charge in [0.2, 0.25) is 0 Å². The Morgan fingerprint density at radius 2 is 1.97 bits per heavy atom. The van der Waals surface area contributed by atoms with Gasteiger partial charge in [-0.3, -0.25) is 0 Å². The van der Waals surface area contributed by atoms with E-state index >= 15 is 0 Å². The van der Waals surface area contributed by atoms with Gasteiger partial charge in [0, 0.05) is 24.4 Å². The van der Waals surface area contributed by atoms with E-state index in [-0.39, 0.29) is 29.2 Å². The first-order chi connectivity index (χ1) is 14.0. The number of halogens is 1. The number of nitrogens with zero attached hydrogens (tertiary/aromatic N) is 2. The summed E-state index contributed by atoms with van der Waals surface area (Å²) in [5, 5.41) is 11.6. The number of hydrogen-bond acceptors (Lipinski definition) is 5. The number of benzene rings is 2. The Balaban J connectivity index is 2.08. The summed E-state index contributed by atoms with van der Waals surface area (Å²) < 4.78 is 47.6. The molecule has 3 aromatic rings. The van der Waals surface area contributed by atoms with Crippen molar-refractivity contribution >= 4 is 10.0 Å². The topological polar surface area (TPSA) is 84.1 Å². The lowest BCUT2D eigenvalue weighted by Gasteiger charge is -2.12. The molecule has 2 aromatic carbocycles. The number of nitrogens with one attached hydrogen (secondary N) is 1. The molecular formula is C21H20FN3O3S. The minimum Gasteiger partial charge on any atom is -0.492 e. The zero-order valence-electron chi connectivity index (χ0n) is 15.8. The molecule has 0 amide bonds. The van der Waals surface area contributed by atoms with Crippen LogP contribution in [0.5, 0.6) is 5.75 Å². The zero-order chi connectivity index (χ0) is 20.9. The van der Waals surface area contributed by atoms with Gasteiger partial charge in [-0.2, -0.15) is 5.26 Å². The van der Waals surface area contributed by atoms with E-state index in [1.54, 1.807) is 43.4 Å². The van der Waals surface area contributed by atoms with Gasteiger partial charge in [0.1, 0.15) is 18.2 Å². The minimum atomic E-state index is -4.01. The average molecular weight is 413 g/mol. The second-order valence-electron chi connectivity index (χ2n) is 6.28. The second-order valence-corrected chi connectivity index (χ2v) is 8.09. The number of rotatable bonds is 8. The number of ether oxygens (including phenoxy) is 1. The smallest absolute Gasteiger partial charge is 0.268 e. The predicted molar refractivity (Wildman–Crippen MR) is 107 cm³/mol. The van der Waals surface area contributed by atoms with Gasteiger partial charge in [-0.25, -0.2) is 16.8 Å². The molecule has 0 unspecified atom stereocenters. The fourth-order valence-electron chi connectivity index (χ4n) is 2.91. The van der Waals surface area contributed by atoms with E-state index < -0.39 is 15.8 Å². The molecule has 0 fully saturated rings. The van der Waals surface area contributed by atoms with E-state index in [9.17, 15) is 12.8 Å². The highest BCUT2D eigenvalue weighted by Crippen LogP contribution is 2.30. The van der Waals surface area contributed by atoms with Crippen molar-refractivity contribution < 1.29 is 17.5 Å². The van der Waals surface area contributed by atoms with Crippen molar-refractivity contribution in [1.82, 2.24) is 9.29 Å². The Bertz CT molecular complexity index is 1150. The molecule has 1 N–H and O–H groups in total. The van der Waals surface area contributed by atoms with Crippen LogP contribution in [0.1, 0.15) is 12.0 Å². The molecule has 0 saturated carbocycles. The molecular weight excluding hydrogens is 393 g/mol. The van der Waals surface area contributed by atoms with E-state index in [2.05, 4.69) is 5.32 Å². The normalized spacial score (nSPS) is 11.2. The van der Waals surface area contributed by atoms with Crippen molar-refractivity contribution in [2.24, 2.45) is 0 Å². The van der Waals surface area contributed by atoms with Crippen LogP contribution in [-0.2, 0) is 16.6 Å². The van der Waals surface area contributed by atoms with E-state index in [4.69, 9.17) is 10.00 Å². The molecule has 1 aromatic heterocycles. The summed E-state index contributed by atoms with van der Waals surface area (Å²) in [6.07, 6.45) is 1.68. The third-order valence-corrected chi connectivity index (χ3v) is 5.89. The van der Waals surface area contributed by atoms with Crippen molar-refractivity contribution in [2.45, 2.75) is 17.9 Å². The molecule has 6 nitrogen and oxygen atoms in total. The van der Waals surface area contributed by atoms with Crippen molar-refractivity contribution in [3.63, 3.8) is 0 Å². The maximum atomic E-state index is 14.4. The van der Waals surface area contributed by atoms with E-state index in [1.807, 2.05) is 6.07 Å². The standard InChI is InChI=1S/C21H20FN3O3S/c1-24-14-16-12-21(19-8-2-3-9-20(19)22)25(15-16)29(26,27)18-7-4-6-17(13-18)28-11-5-10-23/h2-4,6-9,12-13,15,24H,5,11,14H2,1H3. The molecule has 0 radical (unpaired) electrons. The van der Waals surface area contributed by atoms with Crippen LogP contribution in [0.4, 0.5) is 4.39 Å². The Kier molecular flexibility index (Phi) is 6.32. The molecule has 3 rings (SSSR count). The highest BCUT2D eigenvalue weighted by atomic mass is 32.2. The fraction of sp³-hybridized carbons (Fsp3) is 0.190. The van der Waals surface area contributed by atoms with Crippen LogP contribution in [0, 0.1) is 17.1 Å². The summed E-state index contributed by atoms with van der Waals surface area (Å²) >= 11 is 0. The molecule has 0 aliphatic carbocycles. The minimum absolute atomic E-state index is 0.0103. The van der Waals surface area contributed by atoms with Gasteiger partial charge in [-0.1, -0.05) is 18.2 Å². The van der Waals surface area contributed by atoms with E-state index in [0.29, 0.717) is 17.9 Å². The molecule has 0 aliphatic heterocycles. The van der Waals surface area contributed by atoms with Crippen LogP contribution in [0.2, 0.25) is 0 Å². The highest BCUT2D eigenvalue weighted by molar-refractivity contribution is 7.90. The van der Waals surface area contributed by atoms with Gasteiger partial charge >= 0.3 is 0 Å². The summed E-state index contributed by atoms with van der Waals surface area (Å²) in [7, 11) is -2.26. The Labute approximate surface area is 169 Å². The third kappa shape index (κ3) is 4.47. The summed E-state index contributed by atoms with van der Waals surface area (Å²) in [6, 6.07) is 15.7. The molecule has 29 heavy (non-hydrogen) atoms. The maximum absolute atomic E-state index is 14.4. The van der Waals surface area contributed by atoms with Crippen molar-refractivity contribution in [3.05, 3.63) is 72.2 Å². The third-order valence-electron chi connectivity index (χ3n) is 4.22. The Morgan fingerprint density at radius 1 is 1.17 bits per heavy atom. The quantitative estimate of drug-likeness (QED) is 0.571. The predicted octanol–water partition coefficient (Wildman–Crippen LogP) is 3.54. The summed E-state index contributed by atoms with van der Waals surface area (Å²) in [4.78, 5) is 0.0103. The van der Waals surface area contributed by atoms with E-state index in [0.717, 1.165) is 3.97 Å². The number of hydrogen-bond donors (Lipinski definition) is 1. The first kappa shape index (κ1) is 20.6. The van der Waals surface area contributed by atoms with Crippen LogP contribution >= 0.6 is 0 Å². The van der Waals surface area contributed by atoms with Gasteiger partial charge in [0.25, 0.3) is 10.0 Å². The second kappa shape index (κ2) is 8.90. The van der Waals surface area contributed by atoms with Gasteiger partial charge in [0.05, 0.1) is 23.1 Å². The lowest BCUT2D eigenvalue weighted by Crippen LogP contribution is -2.14. The SMILES string of the molecule is CNCc1cc(-c2ccccc2F)n(S(=O)(=O)c2cccc(OCCC#N)c2)c1. The molecule has 1 heterocycles. The van der Waals surface area contributed by atoms with Crippen LogP contribution in [0.15, 0.2) is 65.7 Å². The molecule has 0 spiro atoms. The monoisotopic (exact) mass is 413 g/mol. The molecule has 0 aliphatic rings. The zero-order valence-corrected chi connectivity index (χ0v) is 16.6. The fourth-order valence-corrected chi connectivity index (χ4v) is 4.34. The van der Waals surface area contributed by atoms with Gasteiger partial charge in [0.15, 0.2) is 0 Å². The molecule has 150 valence electrons. The summed E-state index contributed by atoms with van der Waals surface area (Å²) in [6.45, 7) is 0.595. The Morgan fingerprint density at radius 3 is 2.69 bits per heavy atom. The first-order valence-electron chi connectivity index (χ1n) is 8.93. The van der Waals surface area contributed by atoms with Crippen LogP contribution < -0.4 is 10.1 Å². The molecule has 0 bridgehead atoms. The van der Waals surface area contributed by atoms with E-state index in [1.165, 1.54) is 24.4 Å². The van der Waals surface area contributed by atoms with Crippen molar-refractivity contribution in [2.75, 3.05) is 13.7 Å². The van der Waals surface area contributed by atoms with Crippen molar-refractivity contribution in [1.29, 1.82) is 5.26 Å². The lowest BCUT2D eigenvalue weighted by atomic mass is 10.1. The van der Waals surface area contributed by atoms with Gasteiger partial charge in [-0.05, 0) is 42.9 Å². The van der Waals surface area contributed by atoms with Gasteiger partial charge in [-0.15, -0.1) is 0 Å². The van der Waals surface area contributed by atoms with Crippen LogP contribution in [-0.4, -0.2) is 26.0 Å². The molecule has 0 atom stereocenters. The lowest BCUT2D eigenvalue weighted by molar-refractivity contribution is 0.325. The molecule has 8 heteroatoms. The van der Waals surface area contributed by atoms with Crippen LogP contribution in [0.25, 0.3) is 11.3 Å². The highest BCUT2D eigenvalue weighted by Gasteiger charge is 2.23. The summed E-state index contributed by atoms with van der Waals surface area (Å²) in [5.74, 6) is -0.164. The maximum Gasteiger partial charge on any atom is 0.268 e. The Hall–Kier alpha value is -3.15. The number of nitriles is 1. The first-order valence-corrected chi connectivity index (χ1v) is 10.4.